The smallest absolute Gasteiger partial charge is 0.475 e. The van der Waals surface area contributed by atoms with E-state index in [2.05, 4.69) is 20.5 Å². The van der Waals surface area contributed by atoms with Gasteiger partial charge in [-0.2, -0.15) is 26.3 Å². The zero-order valence-electron chi connectivity index (χ0n) is 21.9. The van der Waals surface area contributed by atoms with Gasteiger partial charge in [0.05, 0.1) is 5.69 Å². The Morgan fingerprint density at radius 3 is 2.37 bits per heavy atom. The maximum absolute atomic E-state index is 13.3. The van der Waals surface area contributed by atoms with E-state index in [9.17, 15) is 36.2 Å². The molecule has 1 unspecified atom stereocenters. The molecule has 222 valence electrons. The van der Waals surface area contributed by atoms with Gasteiger partial charge in [-0.25, -0.2) is 4.79 Å². The number of fused-ring (bicyclic) bond motifs is 2. The second kappa shape index (κ2) is 10.9. The van der Waals surface area contributed by atoms with Crippen LogP contribution in [0, 0.1) is 6.92 Å². The van der Waals surface area contributed by atoms with Crippen molar-refractivity contribution in [3.8, 4) is 11.3 Å². The number of carboxylic acids is 1. The van der Waals surface area contributed by atoms with Crippen LogP contribution in [0.15, 0.2) is 24.4 Å². The van der Waals surface area contributed by atoms with Gasteiger partial charge >= 0.3 is 18.3 Å². The molecular weight excluding hydrogens is 560 g/mol. The monoisotopic (exact) mass is 587 g/mol. The minimum absolute atomic E-state index is 0.0236. The molecule has 2 aromatic heterocycles. The van der Waals surface area contributed by atoms with E-state index < -0.39 is 29.8 Å². The molecule has 2 aliphatic rings. The summed E-state index contributed by atoms with van der Waals surface area (Å²) in [5.74, 6) is -4.08. The Balaban J connectivity index is 0.000000493. The number of carboxylic acid groups (broad SMARTS) is 1. The highest BCUT2D eigenvalue weighted by molar-refractivity contribution is 5.86. The molecule has 4 heterocycles. The van der Waals surface area contributed by atoms with Crippen molar-refractivity contribution in [1.29, 1.82) is 0 Å². The van der Waals surface area contributed by atoms with Crippen molar-refractivity contribution >= 4 is 22.9 Å². The number of rotatable bonds is 3. The molecule has 2 atom stereocenters. The van der Waals surface area contributed by atoms with Crippen molar-refractivity contribution in [2.75, 3.05) is 13.1 Å². The fourth-order valence-electron chi connectivity index (χ4n) is 4.90. The number of alkyl halides is 6. The maximum Gasteiger partial charge on any atom is 0.490 e. The standard InChI is InChI=1S/C24H26F3N5O2.C2HF3O2/c1-13-11-29-21-16(13)10-20(30-31-21)15-8-14-5-7-32(22(33)23(2,34)24(25,26)27)12-18(14)17(9-15)19-4-3-6-28-19;3-2(4,5)1(6)7/h8-11,19,28,34H,3-7,12H2,1-2H3,(H,29,31);(H,6,7)/t19-,23?;/m0./s1. The summed E-state index contributed by atoms with van der Waals surface area (Å²) in [5, 5.41) is 30.2. The number of carbonyl (C=O) groups excluding carboxylic acids is 1. The number of aliphatic hydroxyl groups is 1. The van der Waals surface area contributed by atoms with Crippen LogP contribution in [0.3, 0.4) is 0 Å². The van der Waals surface area contributed by atoms with Crippen LogP contribution in [0.5, 0.6) is 0 Å². The predicted molar refractivity (Wildman–Crippen MR) is 134 cm³/mol. The number of benzene rings is 1. The summed E-state index contributed by atoms with van der Waals surface area (Å²) < 4.78 is 71.6. The Kier molecular flexibility index (Phi) is 8.06. The van der Waals surface area contributed by atoms with E-state index in [1.165, 1.54) is 0 Å². The molecule has 4 N–H and O–H groups in total. The highest BCUT2D eigenvalue weighted by Crippen LogP contribution is 2.38. The molecule has 0 aliphatic carbocycles. The van der Waals surface area contributed by atoms with Gasteiger partial charge in [0.2, 0.25) is 5.60 Å². The summed E-state index contributed by atoms with van der Waals surface area (Å²) in [6, 6.07) is 6.03. The van der Waals surface area contributed by atoms with Crippen LogP contribution in [0.2, 0.25) is 0 Å². The van der Waals surface area contributed by atoms with Gasteiger partial charge in [0.1, 0.15) is 0 Å². The number of aryl methyl sites for hydroxylation is 1. The zero-order chi connectivity index (χ0) is 30.3. The summed E-state index contributed by atoms with van der Waals surface area (Å²) >= 11 is 0. The SMILES string of the molecule is Cc1c[nH]c2nnc(-c3cc4c(c([C@@H]5CCCN5)c3)CN(C(=O)C(C)(O)C(F)(F)F)CC4)cc12.O=C(O)C(F)(F)F. The number of nitrogens with zero attached hydrogens (tertiary/aromatic N) is 3. The van der Waals surface area contributed by atoms with Crippen LogP contribution < -0.4 is 5.32 Å². The van der Waals surface area contributed by atoms with Crippen molar-refractivity contribution in [3.63, 3.8) is 0 Å². The summed E-state index contributed by atoms with van der Waals surface area (Å²) in [5.41, 5.74) is 2.74. The number of hydrogen-bond acceptors (Lipinski definition) is 6. The molecule has 1 saturated heterocycles. The van der Waals surface area contributed by atoms with Crippen LogP contribution in [0.1, 0.15) is 48.1 Å². The number of nitrogens with one attached hydrogen (secondary N) is 2. The summed E-state index contributed by atoms with van der Waals surface area (Å²) in [6.45, 7) is 3.48. The molecule has 3 aromatic rings. The second-order valence-electron chi connectivity index (χ2n) is 10.2. The van der Waals surface area contributed by atoms with Crippen molar-refractivity contribution < 1.29 is 46.1 Å². The van der Waals surface area contributed by atoms with Crippen molar-refractivity contribution in [2.45, 2.75) is 63.7 Å². The lowest BCUT2D eigenvalue weighted by atomic mass is 9.87. The summed E-state index contributed by atoms with van der Waals surface area (Å²) in [6.07, 6.45) is -5.97. The van der Waals surface area contributed by atoms with Crippen LogP contribution in [-0.4, -0.2) is 73.2 Å². The van der Waals surface area contributed by atoms with Crippen molar-refractivity contribution in [1.82, 2.24) is 25.4 Å². The predicted octanol–water partition coefficient (Wildman–Crippen LogP) is 4.19. The van der Waals surface area contributed by atoms with E-state index >= 15 is 0 Å². The van der Waals surface area contributed by atoms with Gasteiger partial charge in [0.25, 0.3) is 5.91 Å². The highest BCUT2D eigenvalue weighted by atomic mass is 19.4. The highest BCUT2D eigenvalue weighted by Gasteiger charge is 2.57. The lowest BCUT2D eigenvalue weighted by Crippen LogP contribution is -2.56. The van der Waals surface area contributed by atoms with Gasteiger partial charge in [0.15, 0.2) is 5.65 Å². The van der Waals surface area contributed by atoms with E-state index in [1.54, 1.807) is 0 Å². The Bertz CT molecular complexity index is 1460. The molecular formula is C26H27F6N5O4. The average molecular weight is 588 g/mol. The fourth-order valence-corrected chi connectivity index (χ4v) is 4.90. The van der Waals surface area contributed by atoms with Crippen molar-refractivity contribution in [2.24, 2.45) is 0 Å². The van der Waals surface area contributed by atoms with E-state index in [-0.39, 0.29) is 19.1 Å². The molecule has 15 heteroatoms. The average Bonchev–Trinajstić information content (AvgIpc) is 3.56. The lowest BCUT2D eigenvalue weighted by molar-refractivity contribution is -0.250. The largest absolute Gasteiger partial charge is 0.490 e. The summed E-state index contributed by atoms with van der Waals surface area (Å²) in [7, 11) is 0. The number of amides is 1. The molecule has 1 amide bonds. The first kappa shape index (κ1) is 30.2. The molecule has 9 nitrogen and oxygen atoms in total. The van der Waals surface area contributed by atoms with E-state index in [0.717, 1.165) is 63.2 Å². The van der Waals surface area contributed by atoms with Gasteiger partial charge in [-0.05, 0) is 80.1 Å². The molecule has 0 saturated carbocycles. The van der Waals surface area contributed by atoms with E-state index in [0.29, 0.717) is 19.0 Å². The minimum Gasteiger partial charge on any atom is -0.475 e. The third-order valence-electron chi connectivity index (χ3n) is 7.25. The quantitative estimate of drug-likeness (QED) is 0.338. The van der Waals surface area contributed by atoms with E-state index in [1.807, 2.05) is 31.3 Å². The molecule has 1 fully saturated rings. The van der Waals surface area contributed by atoms with Crippen molar-refractivity contribution in [3.05, 3.63) is 46.6 Å². The normalized spacial score (nSPS) is 18.9. The Morgan fingerprint density at radius 1 is 1.10 bits per heavy atom. The van der Waals surface area contributed by atoms with Crippen LogP contribution in [-0.2, 0) is 22.6 Å². The first-order valence-electron chi connectivity index (χ1n) is 12.6. The molecule has 1 aromatic carbocycles. The van der Waals surface area contributed by atoms with Gasteiger partial charge in [-0.3, -0.25) is 4.79 Å². The molecule has 0 radical (unpaired) electrons. The Labute approximate surface area is 229 Å². The number of carbonyl (C=O) groups is 2. The van der Waals surface area contributed by atoms with Gasteiger partial charge in [-0.1, -0.05) is 0 Å². The number of H-pyrrole nitrogens is 1. The number of aromatic amines is 1. The van der Waals surface area contributed by atoms with Crippen LogP contribution >= 0.6 is 0 Å². The first-order chi connectivity index (χ1) is 19.0. The van der Waals surface area contributed by atoms with Gasteiger partial charge in [-0.15, -0.1) is 10.2 Å². The lowest BCUT2D eigenvalue weighted by Gasteiger charge is -2.36. The molecule has 0 bridgehead atoms. The zero-order valence-corrected chi connectivity index (χ0v) is 21.9. The number of halogens is 6. The first-order valence-corrected chi connectivity index (χ1v) is 12.6. The van der Waals surface area contributed by atoms with Gasteiger partial charge in [0, 0.05) is 36.3 Å². The number of aromatic nitrogens is 3. The second-order valence-corrected chi connectivity index (χ2v) is 10.2. The molecule has 41 heavy (non-hydrogen) atoms. The van der Waals surface area contributed by atoms with Crippen LogP contribution in [0.25, 0.3) is 22.3 Å². The molecule has 2 aliphatic heterocycles. The van der Waals surface area contributed by atoms with E-state index in [4.69, 9.17) is 9.90 Å². The molecule has 5 rings (SSSR count). The number of hydrogen-bond donors (Lipinski definition) is 4. The van der Waals surface area contributed by atoms with Gasteiger partial charge < -0.3 is 25.4 Å². The fraction of sp³-hybridized carbons (Fsp3) is 0.462. The minimum atomic E-state index is -5.08. The molecule has 0 spiro atoms. The third-order valence-corrected chi connectivity index (χ3v) is 7.25. The van der Waals surface area contributed by atoms with Crippen LogP contribution in [0.4, 0.5) is 26.3 Å². The topological polar surface area (TPSA) is 131 Å². The Hall–Kier alpha value is -3.72. The summed E-state index contributed by atoms with van der Waals surface area (Å²) in [4.78, 5) is 25.7. The number of aliphatic carboxylic acids is 1. The Morgan fingerprint density at radius 2 is 1.78 bits per heavy atom. The maximum atomic E-state index is 13.3. The third kappa shape index (κ3) is 6.15.